The first-order valence-corrected chi connectivity index (χ1v) is 6.14. The summed E-state index contributed by atoms with van der Waals surface area (Å²) >= 11 is 0. The van der Waals surface area contributed by atoms with Crippen LogP contribution < -0.4 is 5.32 Å². The predicted octanol–water partition coefficient (Wildman–Crippen LogP) is 2.81. The Morgan fingerprint density at radius 2 is 1.94 bits per heavy atom. The van der Waals surface area contributed by atoms with Crippen molar-refractivity contribution in [2.24, 2.45) is 0 Å². The lowest BCUT2D eigenvalue weighted by Crippen LogP contribution is -2.02. The molecule has 0 bridgehead atoms. The first-order chi connectivity index (χ1) is 8.72. The van der Waals surface area contributed by atoms with Crippen molar-refractivity contribution >= 4 is 11.7 Å². The van der Waals surface area contributed by atoms with Crippen molar-refractivity contribution in [3.05, 3.63) is 29.8 Å². The van der Waals surface area contributed by atoms with E-state index in [1.54, 1.807) is 0 Å². The minimum absolute atomic E-state index is 0.253. The van der Waals surface area contributed by atoms with E-state index in [2.05, 4.69) is 11.4 Å². The second-order valence-corrected chi connectivity index (χ2v) is 4.16. The first kappa shape index (κ1) is 14.0. The van der Waals surface area contributed by atoms with Gasteiger partial charge in [-0.25, -0.2) is 0 Å². The van der Waals surface area contributed by atoms with Gasteiger partial charge in [0, 0.05) is 18.7 Å². The summed E-state index contributed by atoms with van der Waals surface area (Å²) in [7, 11) is 0. The molecule has 1 aromatic rings. The van der Waals surface area contributed by atoms with E-state index >= 15 is 0 Å². The van der Waals surface area contributed by atoms with Crippen molar-refractivity contribution in [2.75, 3.05) is 11.9 Å². The molecule has 1 aromatic carbocycles. The molecular weight excluding hydrogens is 228 g/mol. The standard InChI is InChI=1S/C14H18N2O2/c15-10-9-12-5-7-13(8-6-12)16-11-3-1-2-4-14(17)18/h5-8,16H,1-4,9,11H2,(H,17,18). The zero-order valence-corrected chi connectivity index (χ0v) is 10.4. The van der Waals surface area contributed by atoms with Gasteiger partial charge < -0.3 is 10.4 Å². The molecule has 2 N–H and O–H groups in total. The molecule has 0 heterocycles. The first-order valence-electron chi connectivity index (χ1n) is 6.14. The summed E-state index contributed by atoms with van der Waals surface area (Å²) in [5, 5.41) is 20.3. The Bertz CT molecular complexity index is 407. The quantitative estimate of drug-likeness (QED) is 0.692. The topological polar surface area (TPSA) is 73.1 Å². The molecule has 0 saturated carbocycles. The number of anilines is 1. The van der Waals surface area contributed by atoms with E-state index in [9.17, 15) is 4.79 Å². The van der Waals surface area contributed by atoms with Crippen LogP contribution in [0, 0.1) is 11.3 Å². The minimum Gasteiger partial charge on any atom is -0.481 e. The Balaban J connectivity index is 2.15. The third kappa shape index (κ3) is 5.90. The summed E-state index contributed by atoms with van der Waals surface area (Å²) in [5.74, 6) is -0.726. The summed E-state index contributed by atoms with van der Waals surface area (Å²) in [4.78, 5) is 10.3. The number of unbranched alkanes of at least 4 members (excludes halogenated alkanes) is 2. The Hall–Kier alpha value is -2.02. The van der Waals surface area contributed by atoms with Gasteiger partial charge in [-0.15, -0.1) is 0 Å². The largest absolute Gasteiger partial charge is 0.481 e. The number of carboxylic acid groups (broad SMARTS) is 1. The normalized spacial score (nSPS) is 9.72. The molecule has 1 rings (SSSR count). The number of aliphatic carboxylic acids is 1. The van der Waals surface area contributed by atoms with Crippen LogP contribution in [-0.4, -0.2) is 17.6 Å². The summed E-state index contributed by atoms with van der Waals surface area (Å²) in [5.41, 5.74) is 2.06. The van der Waals surface area contributed by atoms with E-state index in [-0.39, 0.29) is 6.42 Å². The molecule has 0 atom stereocenters. The zero-order valence-electron chi connectivity index (χ0n) is 10.4. The highest BCUT2D eigenvalue weighted by Crippen LogP contribution is 2.10. The lowest BCUT2D eigenvalue weighted by molar-refractivity contribution is -0.137. The lowest BCUT2D eigenvalue weighted by Gasteiger charge is -2.06. The molecule has 0 saturated heterocycles. The maximum absolute atomic E-state index is 10.3. The molecule has 4 heteroatoms. The van der Waals surface area contributed by atoms with Crippen molar-refractivity contribution < 1.29 is 9.90 Å². The third-order valence-corrected chi connectivity index (χ3v) is 2.63. The number of nitriles is 1. The molecule has 4 nitrogen and oxygen atoms in total. The fourth-order valence-electron chi connectivity index (χ4n) is 1.64. The number of rotatable bonds is 8. The number of carbonyl (C=O) groups is 1. The molecule has 0 amide bonds. The molecule has 0 spiro atoms. The van der Waals surface area contributed by atoms with Crippen LogP contribution in [0.2, 0.25) is 0 Å². The van der Waals surface area contributed by atoms with Crippen molar-refractivity contribution in [3.63, 3.8) is 0 Å². The fourth-order valence-corrected chi connectivity index (χ4v) is 1.64. The van der Waals surface area contributed by atoms with E-state index in [1.807, 2.05) is 24.3 Å². The van der Waals surface area contributed by atoms with Crippen molar-refractivity contribution in [1.82, 2.24) is 0 Å². The van der Waals surface area contributed by atoms with Crippen LogP contribution in [0.4, 0.5) is 5.69 Å². The van der Waals surface area contributed by atoms with Gasteiger partial charge in [-0.1, -0.05) is 18.6 Å². The maximum Gasteiger partial charge on any atom is 0.303 e. The summed E-state index contributed by atoms with van der Waals surface area (Å²) in [6.45, 7) is 0.844. The number of hydrogen-bond donors (Lipinski definition) is 2. The number of benzene rings is 1. The lowest BCUT2D eigenvalue weighted by atomic mass is 10.1. The highest BCUT2D eigenvalue weighted by molar-refractivity contribution is 5.66. The second kappa shape index (κ2) is 8.13. The Kier molecular flexibility index (Phi) is 6.34. The molecule has 0 aliphatic rings. The van der Waals surface area contributed by atoms with Crippen molar-refractivity contribution in [2.45, 2.75) is 32.1 Å². The molecule has 0 aromatic heterocycles. The van der Waals surface area contributed by atoms with Crippen LogP contribution in [0.1, 0.15) is 31.2 Å². The fraction of sp³-hybridized carbons (Fsp3) is 0.429. The molecule has 18 heavy (non-hydrogen) atoms. The van der Waals surface area contributed by atoms with E-state index in [1.165, 1.54) is 0 Å². The van der Waals surface area contributed by atoms with Gasteiger partial charge in [-0.3, -0.25) is 4.79 Å². The number of carboxylic acids is 1. The van der Waals surface area contributed by atoms with Gasteiger partial charge in [-0.2, -0.15) is 5.26 Å². The summed E-state index contributed by atoms with van der Waals surface area (Å²) in [6.07, 6.45) is 3.31. The minimum atomic E-state index is -0.726. The second-order valence-electron chi connectivity index (χ2n) is 4.16. The Labute approximate surface area is 107 Å². The number of hydrogen-bond acceptors (Lipinski definition) is 3. The Morgan fingerprint density at radius 1 is 1.22 bits per heavy atom. The van der Waals surface area contributed by atoms with Crippen LogP contribution >= 0.6 is 0 Å². The van der Waals surface area contributed by atoms with Gasteiger partial charge in [0.05, 0.1) is 12.5 Å². The van der Waals surface area contributed by atoms with Gasteiger partial charge in [0.2, 0.25) is 0 Å². The van der Waals surface area contributed by atoms with Crippen LogP contribution in [0.25, 0.3) is 0 Å². The van der Waals surface area contributed by atoms with Gasteiger partial charge in [0.25, 0.3) is 0 Å². The average molecular weight is 246 g/mol. The number of nitrogens with zero attached hydrogens (tertiary/aromatic N) is 1. The third-order valence-electron chi connectivity index (χ3n) is 2.63. The van der Waals surface area contributed by atoms with E-state index < -0.39 is 5.97 Å². The monoisotopic (exact) mass is 246 g/mol. The van der Waals surface area contributed by atoms with Crippen LogP contribution in [0.5, 0.6) is 0 Å². The van der Waals surface area contributed by atoms with Crippen molar-refractivity contribution in [1.29, 1.82) is 5.26 Å². The molecule has 0 aliphatic heterocycles. The highest BCUT2D eigenvalue weighted by atomic mass is 16.4. The average Bonchev–Trinajstić information content (AvgIpc) is 2.35. The molecule has 0 unspecified atom stereocenters. The molecule has 0 fully saturated rings. The zero-order chi connectivity index (χ0) is 13.2. The van der Waals surface area contributed by atoms with E-state index in [0.717, 1.165) is 37.1 Å². The molecule has 0 aliphatic carbocycles. The van der Waals surface area contributed by atoms with Gasteiger partial charge >= 0.3 is 5.97 Å². The van der Waals surface area contributed by atoms with E-state index in [0.29, 0.717) is 6.42 Å². The van der Waals surface area contributed by atoms with Gasteiger partial charge in [-0.05, 0) is 30.5 Å². The predicted molar refractivity (Wildman–Crippen MR) is 70.4 cm³/mol. The van der Waals surface area contributed by atoms with E-state index in [4.69, 9.17) is 10.4 Å². The van der Waals surface area contributed by atoms with Crippen molar-refractivity contribution in [3.8, 4) is 6.07 Å². The van der Waals surface area contributed by atoms with Crippen LogP contribution in [0.3, 0.4) is 0 Å². The smallest absolute Gasteiger partial charge is 0.303 e. The molecular formula is C14H18N2O2. The van der Waals surface area contributed by atoms with Crippen LogP contribution in [-0.2, 0) is 11.2 Å². The summed E-state index contributed by atoms with van der Waals surface area (Å²) < 4.78 is 0. The highest BCUT2D eigenvalue weighted by Gasteiger charge is 1.97. The molecule has 96 valence electrons. The maximum atomic E-state index is 10.3. The van der Waals surface area contributed by atoms with Gasteiger partial charge in [0.1, 0.15) is 0 Å². The SMILES string of the molecule is N#CCc1ccc(NCCCCCC(=O)O)cc1. The Morgan fingerprint density at radius 3 is 2.56 bits per heavy atom. The van der Waals surface area contributed by atoms with Gasteiger partial charge in [0.15, 0.2) is 0 Å². The molecule has 0 radical (unpaired) electrons. The summed E-state index contributed by atoms with van der Waals surface area (Å²) in [6, 6.07) is 9.92. The van der Waals surface area contributed by atoms with Crippen LogP contribution in [0.15, 0.2) is 24.3 Å². The number of nitrogens with one attached hydrogen (secondary N) is 1.